The first-order chi connectivity index (χ1) is 12.6. The van der Waals surface area contributed by atoms with E-state index in [1.165, 1.54) is 18.0 Å². The van der Waals surface area contributed by atoms with E-state index in [2.05, 4.69) is 15.5 Å². The zero-order chi connectivity index (χ0) is 18.4. The topological polar surface area (TPSA) is 124 Å². The highest BCUT2D eigenvalue weighted by Gasteiger charge is 2.14. The number of amides is 2. The molecule has 0 radical (unpaired) electrons. The summed E-state index contributed by atoms with van der Waals surface area (Å²) >= 11 is 2.38. The van der Waals surface area contributed by atoms with Gasteiger partial charge in [0.25, 0.3) is 11.1 Å². The van der Waals surface area contributed by atoms with E-state index in [-0.39, 0.29) is 28.5 Å². The van der Waals surface area contributed by atoms with Gasteiger partial charge in [0, 0.05) is 4.90 Å². The Morgan fingerprint density at radius 2 is 1.92 bits per heavy atom. The molecular weight excluding hydrogens is 376 g/mol. The maximum atomic E-state index is 12.2. The number of para-hydroxylation sites is 1. The summed E-state index contributed by atoms with van der Waals surface area (Å²) in [4.78, 5) is 23.9. The van der Waals surface area contributed by atoms with E-state index in [1.54, 1.807) is 24.3 Å². The van der Waals surface area contributed by atoms with Crippen molar-refractivity contribution in [3.05, 3.63) is 42.7 Å². The second-order valence-electron chi connectivity index (χ2n) is 4.94. The molecule has 0 aliphatic heterocycles. The number of rotatable bonds is 8. The molecule has 0 bridgehead atoms. The number of primary amides is 1. The van der Waals surface area contributed by atoms with E-state index in [0.717, 1.165) is 16.7 Å². The van der Waals surface area contributed by atoms with Crippen LogP contribution in [0.4, 0.5) is 5.69 Å². The third-order valence-corrected chi connectivity index (χ3v) is 4.91. The predicted octanol–water partition coefficient (Wildman–Crippen LogP) is 2.64. The van der Waals surface area contributed by atoms with Gasteiger partial charge >= 0.3 is 0 Å². The van der Waals surface area contributed by atoms with E-state index in [9.17, 15) is 9.59 Å². The number of aromatic nitrogens is 2. The van der Waals surface area contributed by atoms with Gasteiger partial charge in [-0.05, 0) is 24.3 Å². The monoisotopic (exact) mass is 390 g/mol. The fraction of sp³-hybridized carbons (Fsp3) is 0.125. The van der Waals surface area contributed by atoms with Crippen LogP contribution in [0.5, 0.6) is 0 Å². The number of benzene rings is 1. The van der Waals surface area contributed by atoms with Crippen molar-refractivity contribution in [2.24, 2.45) is 5.73 Å². The van der Waals surface area contributed by atoms with Crippen molar-refractivity contribution < 1.29 is 18.4 Å². The van der Waals surface area contributed by atoms with Crippen LogP contribution in [0.1, 0.15) is 0 Å². The van der Waals surface area contributed by atoms with Crippen LogP contribution in [0, 0.1) is 0 Å². The Bertz CT molecular complexity index is 895. The largest absolute Gasteiger partial charge is 0.459 e. The normalized spacial score (nSPS) is 10.6. The molecule has 0 unspecified atom stereocenters. The van der Waals surface area contributed by atoms with Crippen molar-refractivity contribution in [1.82, 2.24) is 10.2 Å². The molecular formula is C16H14N4O4S2. The summed E-state index contributed by atoms with van der Waals surface area (Å²) in [5, 5.41) is 10.8. The molecule has 8 nitrogen and oxygen atoms in total. The lowest BCUT2D eigenvalue weighted by atomic mass is 10.3. The Balaban J connectivity index is 1.55. The summed E-state index contributed by atoms with van der Waals surface area (Å²) < 4.78 is 10.6. The van der Waals surface area contributed by atoms with Crippen molar-refractivity contribution in [3.8, 4) is 11.7 Å². The Morgan fingerprint density at radius 3 is 2.69 bits per heavy atom. The number of nitrogens with two attached hydrogens (primary N) is 1. The third-order valence-electron chi connectivity index (χ3n) is 3.00. The minimum absolute atomic E-state index is 0.0919. The highest BCUT2D eigenvalue weighted by atomic mass is 32.2. The van der Waals surface area contributed by atoms with Gasteiger partial charge in [-0.2, -0.15) is 0 Å². The van der Waals surface area contributed by atoms with Gasteiger partial charge < -0.3 is 19.9 Å². The number of hydrogen-bond acceptors (Lipinski definition) is 8. The second kappa shape index (κ2) is 8.59. The Kier molecular flexibility index (Phi) is 5.97. The SMILES string of the molecule is NC(=O)CSc1ccccc1NC(=O)CSc1nnc(-c2ccco2)o1. The molecule has 10 heteroatoms. The molecule has 0 aliphatic rings. The zero-order valence-corrected chi connectivity index (χ0v) is 15.0. The van der Waals surface area contributed by atoms with Crippen LogP contribution < -0.4 is 11.1 Å². The molecule has 3 aromatic rings. The number of anilines is 1. The minimum atomic E-state index is -0.421. The first kappa shape index (κ1) is 18.1. The molecule has 2 amide bonds. The molecule has 0 saturated heterocycles. The molecule has 0 saturated carbocycles. The van der Waals surface area contributed by atoms with Crippen LogP contribution in [-0.2, 0) is 9.59 Å². The van der Waals surface area contributed by atoms with Gasteiger partial charge in [-0.15, -0.1) is 22.0 Å². The number of thioether (sulfide) groups is 2. The summed E-state index contributed by atoms with van der Waals surface area (Å²) in [6, 6.07) is 10.6. The average molecular weight is 390 g/mol. The van der Waals surface area contributed by atoms with Crippen molar-refractivity contribution in [3.63, 3.8) is 0 Å². The Hall–Kier alpha value is -2.72. The van der Waals surface area contributed by atoms with Crippen LogP contribution in [0.3, 0.4) is 0 Å². The lowest BCUT2D eigenvalue weighted by Gasteiger charge is -2.09. The maximum Gasteiger partial charge on any atom is 0.284 e. The first-order valence-electron chi connectivity index (χ1n) is 7.42. The van der Waals surface area contributed by atoms with Crippen LogP contribution in [-0.4, -0.2) is 33.5 Å². The number of furan rings is 1. The van der Waals surface area contributed by atoms with Crippen LogP contribution in [0.25, 0.3) is 11.7 Å². The smallest absolute Gasteiger partial charge is 0.284 e. The molecule has 2 heterocycles. The predicted molar refractivity (Wildman–Crippen MR) is 97.7 cm³/mol. The Labute approximate surface area is 156 Å². The fourth-order valence-electron chi connectivity index (χ4n) is 1.93. The fourth-order valence-corrected chi connectivity index (χ4v) is 3.24. The van der Waals surface area contributed by atoms with E-state index in [4.69, 9.17) is 14.6 Å². The number of nitrogens with zero attached hydrogens (tertiary/aromatic N) is 2. The van der Waals surface area contributed by atoms with Gasteiger partial charge in [0.15, 0.2) is 5.76 Å². The van der Waals surface area contributed by atoms with Gasteiger partial charge in [-0.1, -0.05) is 23.9 Å². The van der Waals surface area contributed by atoms with Crippen LogP contribution >= 0.6 is 23.5 Å². The van der Waals surface area contributed by atoms with Crippen LogP contribution in [0.15, 0.2) is 61.6 Å². The Morgan fingerprint density at radius 1 is 1.08 bits per heavy atom. The van der Waals surface area contributed by atoms with E-state index in [0.29, 0.717) is 11.4 Å². The summed E-state index contributed by atoms with van der Waals surface area (Å²) in [5.41, 5.74) is 5.78. The zero-order valence-electron chi connectivity index (χ0n) is 13.4. The van der Waals surface area contributed by atoms with Crippen molar-refractivity contribution in [1.29, 1.82) is 0 Å². The quantitative estimate of drug-likeness (QED) is 0.563. The summed E-state index contributed by atoms with van der Waals surface area (Å²) in [6.45, 7) is 0. The molecule has 0 atom stereocenters. The van der Waals surface area contributed by atoms with Gasteiger partial charge in [-0.25, -0.2) is 0 Å². The number of nitrogens with one attached hydrogen (secondary N) is 1. The van der Waals surface area contributed by atoms with Gasteiger partial charge in [-0.3, -0.25) is 9.59 Å². The van der Waals surface area contributed by atoms with Gasteiger partial charge in [0.05, 0.1) is 23.5 Å². The molecule has 3 rings (SSSR count). The lowest BCUT2D eigenvalue weighted by molar-refractivity contribution is -0.115. The van der Waals surface area contributed by atoms with Gasteiger partial charge in [0.2, 0.25) is 11.8 Å². The number of hydrogen-bond donors (Lipinski definition) is 2. The summed E-state index contributed by atoms with van der Waals surface area (Å²) in [5.74, 6) is 0.295. The average Bonchev–Trinajstić information content (AvgIpc) is 3.30. The lowest BCUT2D eigenvalue weighted by Crippen LogP contribution is -2.16. The first-order valence-corrected chi connectivity index (χ1v) is 9.39. The third kappa shape index (κ3) is 4.90. The number of carbonyl (C=O) groups is 2. The van der Waals surface area contributed by atoms with Crippen molar-refractivity contribution >= 4 is 41.0 Å². The minimum Gasteiger partial charge on any atom is -0.459 e. The standard InChI is InChI=1S/C16H14N4O4S2/c17-13(21)8-25-12-6-2-1-4-10(12)18-14(22)9-26-16-20-19-15(24-16)11-5-3-7-23-11/h1-7H,8-9H2,(H2,17,21)(H,18,22). The second-order valence-corrected chi connectivity index (χ2v) is 6.88. The van der Waals surface area contributed by atoms with Crippen LogP contribution in [0.2, 0.25) is 0 Å². The van der Waals surface area contributed by atoms with E-state index in [1.807, 2.05) is 12.1 Å². The van der Waals surface area contributed by atoms with Crippen molar-refractivity contribution in [2.75, 3.05) is 16.8 Å². The molecule has 2 aromatic heterocycles. The molecule has 3 N–H and O–H groups in total. The highest BCUT2D eigenvalue weighted by molar-refractivity contribution is 8.00. The maximum absolute atomic E-state index is 12.2. The molecule has 0 spiro atoms. The molecule has 0 aliphatic carbocycles. The molecule has 0 fully saturated rings. The summed E-state index contributed by atoms with van der Waals surface area (Å²) in [6.07, 6.45) is 1.51. The number of carbonyl (C=O) groups excluding carboxylic acids is 2. The van der Waals surface area contributed by atoms with E-state index >= 15 is 0 Å². The summed E-state index contributed by atoms with van der Waals surface area (Å²) in [7, 11) is 0. The van der Waals surface area contributed by atoms with Crippen molar-refractivity contribution in [2.45, 2.75) is 10.1 Å². The molecule has 1 aromatic carbocycles. The molecule has 134 valence electrons. The van der Waals surface area contributed by atoms with Gasteiger partial charge in [0.1, 0.15) is 0 Å². The van der Waals surface area contributed by atoms with E-state index < -0.39 is 5.91 Å². The highest BCUT2D eigenvalue weighted by Crippen LogP contribution is 2.27. The molecule has 26 heavy (non-hydrogen) atoms.